The third kappa shape index (κ3) is 4.96. The van der Waals surface area contributed by atoms with Crippen molar-refractivity contribution >= 4 is 23.1 Å². The molecule has 0 aliphatic carbocycles. The van der Waals surface area contributed by atoms with Crippen LogP contribution in [0.25, 0.3) is 22.5 Å². The third-order valence-electron chi connectivity index (χ3n) is 6.09. The van der Waals surface area contributed by atoms with Crippen LogP contribution in [0.1, 0.15) is 22.5 Å². The summed E-state index contributed by atoms with van der Waals surface area (Å²) in [5.41, 5.74) is 3.94. The standard InChI is InChI=1S/C27H26N4OS/c32-27(23-12-7-17-33-23)29-18-20-13-15-31(16-14-20)24-19-28-25(21-8-3-1-4-9-21)26(30-24)22-10-5-2-6-11-22/h1-12,17,19-20H,13-16,18H2,(H,29,32). The Morgan fingerprint density at radius 1 is 0.909 bits per heavy atom. The van der Waals surface area contributed by atoms with Crippen LogP contribution in [-0.2, 0) is 0 Å². The normalized spacial score (nSPS) is 14.2. The molecule has 5 rings (SSSR count). The van der Waals surface area contributed by atoms with E-state index in [-0.39, 0.29) is 5.91 Å². The zero-order valence-electron chi connectivity index (χ0n) is 18.4. The van der Waals surface area contributed by atoms with E-state index in [1.807, 2.05) is 60.1 Å². The molecule has 0 radical (unpaired) electrons. The number of aromatic nitrogens is 2. The monoisotopic (exact) mass is 454 g/mol. The molecule has 3 heterocycles. The number of nitrogens with one attached hydrogen (secondary N) is 1. The van der Waals surface area contributed by atoms with Gasteiger partial charge in [0.1, 0.15) is 5.82 Å². The van der Waals surface area contributed by atoms with Crippen LogP contribution < -0.4 is 10.2 Å². The van der Waals surface area contributed by atoms with E-state index >= 15 is 0 Å². The molecule has 1 amide bonds. The minimum atomic E-state index is 0.0299. The Morgan fingerprint density at radius 2 is 1.58 bits per heavy atom. The lowest BCUT2D eigenvalue weighted by molar-refractivity contribution is 0.0949. The Balaban J connectivity index is 1.29. The van der Waals surface area contributed by atoms with E-state index in [1.54, 1.807) is 0 Å². The molecule has 6 heteroatoms. The fourth-order valence-corrected chi connectivity index (χ4v) is 4.87. The molecule has 5 nitrogen and oxygen atoms in total. The Morgan fingerprint density at radius 3 is 2.21 bits per heavy atom. The maximum absolute atomic E-state index is 12.2. The van der Waals surface area contributed by atoms with Crippen molar-refractivity contribution < 1.29 is 4.79 Å². The SMILES string of the molecule is O=C(NCC1CCN(c2cnc(-c3ccccc3)c(-c3ccccc3)n2)CC1)c1cccs1. The van der Waals surface area contributed by atoms with E-state index in [1.165, 1.54) is 11.3 Å². The van der Waals surface area contributed by atoms with E-state index in [9.17, 15) is 4.79 Å². The second-order valence-electron chi connectivity index (χ2n) is 8.28. The summed E-state index contributed by atoms with van der Waals surface area (Å²) >= 11 is 1.48. The van der Waals surface area contributed by atoms with Gasteiger partial charge in [-0.3, -0.25) is 9.78 Å². The zero-order valence-corrected chi connectivity index (χ0v) is 19.2. The number of nitrogens with zero attached hydrogens (tertiary/aromatic N) is 3. The Kier molecular flexibility index (Phi) is 6.44. The van der Waals surface area contributed by atoms with E-state index in [0.717, 1.165) is 65.7 Å². The zero-order chi connectivity index (χ0) is 22.5. The number of hydrogen-bond acceptors (Lipinski definition) is 5. The molecule has 1 aliphatic rings. The average molecular weight is 455 g/mol. The third-order valence-corrected chi connectivity index (χ3v) is 6.96. The highest BCUT2D eigenvalue weighted by Crippen LogP contribution is 2.31. The van der Waals surface area contributed by atoms with Gasteiger partial charge in [0.05, 0.1) is 22.5 Å². The van der Waals surface area contributed by atoms with Crippen molar-refractivity contribution in [1.82, 2.24) is 15.3 Å². The van der Waals surface area contributed by atoms with Crippen LogP contribution in [0, 0.1) is 5.92 Å². The molecular formula is C27H26N4OS. The van der Waals surface area contributed by atoms with Crippen molar-refractivity contribution in [2.45, 2.75) is 12.8 Å². The summed E-state index contributed by atoms with van der Waals surface area (Å²) in [6.45, 7) is 2.54. The first kappa shape index (κ1) is 21.3. The molecule has 1 fully saturated rings. The van der Waals surface area contributed by atoms with Gasteiger partial charge < -0.3 is 10.2 Å². The molecule has 2 aromatic heterocycles. The van der Waals surface area contributed by atoms with Crippen molar-refractivity contribution in [3.05, 3.63) is 89.3 Å². The molecule has 33 heavy (non-hydrogen) atoms. The van der Waals surface area contributed by atoms with Crippen LogP contribution >= 0.6 is 11.3 Å². The van der Waals surface area contributed by atoms with Crippen molar-refractivity contribution in [3.63, 3.8) is 0 Å². The van der Waals surface area contributed by atoms with Crippen LogP contribution in [0.15, 0.2) is 84.4 Å². The second-order valence-corrected chi connectivity index (χ2v) is 9.22. The van der Waals surface area contributed by atoms with E-state index in [4.69, 9.17) is 9.97 Å². The van der Waals surface area contributed by atoms with Gasteiger partial charge in [-0.25, -0.2) is 4.98 Å². The highest BCUT2D eigenvalue weighted by Gasteiger charge is 2.22. The molecule has 0 saturated carbocycles. The summed E-state index contributed by atoms with van der Waals surface area (Å²) < 4.78 is 0. The molecule has 1 saturated heterocycles. The summed E-state index contributed by atoms with van der Waals surface area (Å²) in [5, 5.41) is 5.02. The van der Waals surface area contributed by atoms with Gasteiger partial charge in [0.15, 0.2) is 0 Å². The van der Waals surface area contributed by atoms with Crippen molar-refractivity contribution in [1.29, 1.82) is 0 Å². The maximum atomic E-state index is 12.2. The molecule has 4 aromatic rings. The van der Waals surface area contributed by atoms with Crippen molar-refractivity contribution in [2.24, 2.45) is 5.92 Å². The van der Waals surface area contributed by atoms with Crippen LogP contribution in [-0.4, -0.2) is 35.5 Å². The number of carbonyl (C=O) groups is 1. The Labute approximate surface area is 198 Å². The highest BCUT2D eigenvalue weighted by atomic mass is 32.1. The highest BCUT2D eigenvalue weighted by molar-refractivity contribution is 7.12. The number of thiophene rings is 1. The van der Waals surface area contributed by atoms with E-state index < -0.39 is 0 Å². The van der Waals surface area contributed by atoms with Gasteiger partial charge in [-0.1, -0.05) is 66.7 Å². The van der Waals surface area contributed by atoms with Gasteiger partial charge >= 0.3 is 0 Å². The van der Waals surface area contributed by atoms with Gasteiger partial charge in [-0.15, -0.1) is 11.3 Å². The first-order chi connectivity index (χ1) is 16.3. The van der Waals surface area contributed by atoms with Gasteiger partial charge in [-0.05, 0) is 30.2 Å². The van der Waals surface area contributed by atoms with E-state index in [2.05, 4.69) is 34.5 Å². The fraction of sp³-hybridized carbons (Fsp3) is 0.222. The molecule has 0 spiro atoms. The molecule has 0 atom stereocenters. The molecule has 0 unspecified atom stereocenters. The Bertz CT molecular complexity index is 1190. The summed E-state index contributed by atoms with van der Waals surface area (Å²) in [6.07, 6.45) is 3.94. The largest absolute Gasteiger partial charge is 0.355 e. The topological polar surface area (TPSA) is 58.1 Å². The maximum Gasteiger partial charge on any atom is 0.261 e. The quantitative estimate of drug-likeness (QED) is 0.417. The molecule has 166 valence electrons. The molecule has 0 bridgehead atoms. The molecule has 1 aliphatic heterocycles. The smallest absolute Gasteiger partial charge is 0.261 e. The first-order valence-electron chi connectivity index (χ1n) is 11.3. The molecule has 1 N–H and O–H groups in total. The number of piperidine rings is 1. The van der Waals surface area contributed by atoms with Crippen molar-refractivity contribution in [3.8, 4) is 22.5 Å². The Hall–Kier alpha value is -3.51. The summed E-state index contributed by atoms with van der Waals surface area (Å²) in [5.74, 6) is 1.42. The summed E-state index contributed by atoms with van der Waals surface area (Å²) in [6, 6.07) is 24.3. The lowest BCUT2D eigenvalue weighted by Crippen LogP contribution is -2.39. The number of benzene rings is 2. The minimum Gasteiger partial charge on any atom is -0.355 e. The van der Waals surface area contributed by atoms with Gasteiger partial charge in [0.2, 0.25) is 0 Å². The van der Waals surface area contributed by atoms with Crippen LogP contribution in [0.2, 0.25) is 0 Å². The number of anilines is 1. The summed E-state index contributed by atoms with van der Waals surface area (Å²) in [4.78, 5) is 25.2. The predicted octanol–water partition coefficient (Wildman–Crippen LogP) is 5.52. The minimum absolute atomic E-state index is 0.0299. The van der Waals surface area contributed by atoms with Crippen LogP contribution in [0.5, 0.6) is 0 Å². The fourth-order valence-electron chi connectivity index (χ4n) is 4.23. The number of rotatable bonds is 6. The lowest BCUT2D eigenvalue weighted by atomic mass is 9.96. The number of amides is 1. The summed E-state index contributed by atoms with van der Waals surface area (Å²) in [7, 11) is 0. The molecule has 2 aromatic carbocycles. The number of carbonyl (C=O) groups excluding carboxylic acids is 1. The van der Waals surface area contributed by atoms with E-state index in [0.29, 0.717) is 5.92 Å². The molecular weight excluding hydrogens is 428 g/mol. The van der Waals surface area contributed by atoms with Gasteiger partial charge in [0.25, 0.3) is 5.91 Å². The van der Waals surface area contributed by atoms with Crippen LogP contribution in [0.3, 0.4) is 0 Å². The first-order valence-corrected chi connectivity index (χ1v) is 12.2. The van der Waals surface area contributed by atoms with Crippen molar-refractivity contribution in [2.75, 3.05) is 24.5 Å². The number of hydrogen-bond donors (Lipinski definition) is 1. The predicted molar refractivity (Wildman–Crippen MR) is 134 cm³/mol. The second kappa shape index (κ2) is 9.96. The van der Waals surface area contributed by atoms with Gasteiger partial charge in [0, 0.05) is 30.8 Å². The van der Waals surface area contributed by atoms with Gasteiger partial charge in [-0.2, -0.15) is 0 Å². The average Bonchev–Trinajstić information content (AvgIpc) is 3.44. The lowest BCUT2D eigenvalue weighted by Gasteiger charge is -2.33. The van der Waals surface area contributed by atoms with Crippen LogP contribution in [0.4, 0.5) is 5.82 Å².